The molecule has 2 amide bonds. The molecule has 0 radical (unpaired) electrons. The van der Waals surface area contributed by atoms with Gasteiger partial charge in [-0.05, 0) is 50.2 Å². The molecule has 1 aromatic carbocycles. The van der Waals surface area contributed by atoms with Crippen LogP contribution in [0.1, 0.15) is 39.2 Å². The number of hydrogen-bond acceptors (Lipinski definition) is 7. The second kappa shape index (κ2) is 9.52. The Morgan fingerprint density at radius 2 is 2.05 bits per heavy atom. The fraction of sp³-hybridized carbons (Fsp3) is 0.481. The van der Waals surface area contributed by atoms with Gasteiger partial charge < -0.3 is 26.0 Å². The molecule has 0 saturated heterocycles. The van der Waals surface area contributed by atoms with Crippen molar-refractivity contribution in [1.82, 2.24) is 9.97 Å². The van der Waals surface area contributed by atoms with Gasteiger partial charge in [0.05, 0.1) is 30.6 Å². The van der Waals surface area contributed by atoms with Crippen LogP contribution in [-0.4, -0.2) is 41.5 Å². The van der Waals surface area contributed by atoms with Crippen LogP contribution in [-0.2, 0) is 16.0 Å². The molecular formula is C27H33ClN6O3. The summed E-state index contributed by atoms with van der Waals surface area (Å²) in [6.07, 6.45) is 8.02. The van der Waals surface area contributed by atoms with Crippen molar-refractivity contribution < 1.29 is 14.3 Å². The van der Waals surface area contributed by atoms with E-state index in [1.165, 1.54) is 6.20 Å². The van der Waals surface area contributed by atoms with Crippen LogP contribution >= 0.6 is 11.6 Å². The number of methoxy groups -OCH3 is 1. The first-order valence-corrected chi connectivity index (χ1v) is 13.1. The van der Waals surface area contributed by atoms with Crippen LogP contribution in [0.4, 0.5) is 23.1 Å². The molecule has 1 aliphatic heterocycles. The first-order valence-electron chi connectivity index (χ1n) is 12.7. The van der Waals surface area contributed by atoms with Crippen molar-refractivity contribution in [3.63, 3.8) is 0 Å². The molecule has 2 aliphatic carbocycles. The van der Waals surface area contributed by atoms with Gasteiger partial charge >= 0.3 is 0 Å². The summed E-state index contributed by atoms with van der Waals surface area (Å²) in [6.45, 7) is 6.53. The molecule has 196 valence electrons. The molecule has 0 spiro atoms. The molecule has 10 heteroatoms. The lowest BCUT2D eigenvalue weighted by Crippen LogP contribution is -2.41. The molecule has 1 saturated carbocycles. The number of carbonyl (C=O) groups excluding carboxylic acids is 2. The van der Waals surface area contributed by atoms with Crippen LogP contribution in [0.25, 0.3) is 0 Å². The summed E-state index contributed by atoms with van der Waals surface area (Å²) < 4.78 is 5.85. The number of halogens is 1. The number of anilines is 4. The topological polar surface area (TPSA) is 122 Å². The molecule has 2 bridgehead atoms. The van der Waals surface area contributed by atoms with Crippen molar-refractivity contribution in [2.45, 2.75) is 46.1 Å². The highest BCUT2D eigenvalue weighted by atomic mass is 35.5. The van der Waals surface area contributed by atoms with Gasteiger partial charge in [-0.25, -0.2) is 4.98 Å². The van der Waals surface area contributed by atoms with E-state index in [0.717, 1.165) is 17.7 Å². The van der Waals surface area contributed by atoms with Gasteiger partial charge in [0.15, 0.2) is 5.82 Å². The lowest BCUT2D eigenvalue weighted by molar-refractivity contribution is -0.126. The third-order valence-electron chi connectivity index (χ3n) is 7.95. The monoisotopic (exact) mass is 524 g/mol. The number of nitrogens with two attached hydrogens (primary N) is 1. The highest BCUT2D eigenvalue weighted by Gasteiger charge is 2.47. The number of nitrogens with one attached hydrogen (secondary N) is 2. The van der Waals surface area contributed by atoms with Crippen LogP contribution in [0.3, 0.4) is 0 Å². The number of ether oxygens (including phenoxy) is 1. The van der Waals surface area contributed by atoms with Crippen molar-refractivity contribution in [2.24, 2.45) is 28.9 Å². The number of aromatic nitrogens is 2. The highest BCUT2D eigenvalue weighted by molar-refractivity contribution is 6.32. The quantitative estimate of drug-likeness (QED) is 0.461. The van der Waals surface area contributed by atoms with Crippen LogP contribution in [0.15, 0.2) is 30.5 Å². The molecular weight excluding hydrogens is 492 g/mol. The molecule has 2 heterocycles. The zero-order valence-corrected chi connectivity index (χ0v) is 22.3. The van der Waals surface area contributed by atoms with Gasteiger partial charge in [-0.2, -0.15) is 4.98 Å². The van der Waals surface area contributed by atoms with E-state index in [4.69, 9.17) is 22.1 Å². The molecule has 5 rings (SSSR count). The fourth-order valence-electron chi connectivity index (χ4n) is 5.99. The third kappa shape index (κ3) is 4.39. The number of allylic oxidation sites excluding steroid dienone is 1. The average Bonchev–Trinajstić information content (AvgIpc) is 3.45. The summed E-state index contributed by atoms with van der Waals surface area (Å²) >= 11 is 6.44. The minimum absolute atomic E-state index is 0.109. The molecule has 2 aromatic rings. The van der Waals surface area contributed by atoms with Gasteiger partial charge in [-0.1, -0.05) is 37.6 Å². The predicted molar refractivity (Wildman–Crippen MR) is 144 cm³/mol. The van der Waals surface area contributed by atoms with Crippen LogP contribution in [0.2, 0.25) is 5.02 Å². The van der Waals surface area contributed by atoms with E-state index in [9.17, 15) is 9.59 Å². The van der Waals surface area contributed by atoms with Gasteiger partial charge in [-0.3, -0.25) is 9.59 Å². The maximum atomic E-state index is 13.2. The Balaban J connectivity index is 1.44. The van der Waals surface area contributed by atoms with Gasteiger partial charge in [0, 0.05) is 23.6 Å². The minimum Gasteiger partial charge on any atom is -0.494 e. The normalized spacial score (nSPS) is 25.5. The summed E-state index contributed by atoms with van der Waals surface area (Å²) in [5.74, 6) is 1.24. The number of carbonyl (C=O) groups is 2. The molecule has 4 N–H and O–H groups in total. The summed E-state index contributed by atoms with van der Waals surface area (Å²) in [5.41, 5.74) is 7.77. The Morgan fingerprint density at radius 1 is 1.30 bits per heavy atom. The Hall–Kier alpha value is -3.33. The van der Waals surface area contributed by atoms with Crippen LogP contribution in [0.5, 0.6) is 5.75 Å². The maximum Gasteiger partial charge on any atom is 0.232 e. The molecule has 37 heavy (non-hydrogen) atoms. The van der Waals surface area contributed by atoms with E-state index >= 15 is 0 Å². The Labute approximate surface area is 221 Å². The number of primary amides is 1. The largest absolute Gasteiger partial charge is 0.494 e. The summed E-state index contributed by atoms with van der Waals surface area (Å²) in [6, 6.07) is 3.65. The van der Waals surface area contributed by atoms with E-state index in [2.05, 4.69) is 32.8 Å². The number of fused-ring (bicyclic) bond motifs is 3. The standard InChI is InChI=1S/C27H33ClN6O3/c1-5-34-19-9-8-18(22(37-4)16(19)10-11-27(2,3)25(34)36)31-26-30-13-17(28)24(33-26)32-21-15-7-6-14(12-15)20(21)23(29)35/h6-9,13-15,20-21H,5,10-12H2,1-4H3,(H2,29,35)(H2,30,31,32,33). The Kier molecular flexibility index (Phi) is 6.52. The van der Waals surface area contributed by atoms with Gasteiger partial charge in [0.25, 0.3) is 0 Å². The van der Waals surface area contributed by atoms with E-state index in [-0.39, 0.29) is 35.6 Å². The zero-order chi connectivity index (χ0) is 26.5. The van der Waals surface area contributed by atoms with Crippen molar-refractivity contribution in [3.8, 4) is 5.75 Å². The predicted octanol–water partition coefficient (Wildman–Crippen LogP) is 4.30. The summed E-state index contributed by atoms with van der Waals surface area (Å²) in [4.78, 5) is 36.1. The smallest absolute Gasteiger partial charge is 0.232 e. The lowest BCUT2D eigenvalue weighted by Gasteiger charge is -2.29. The van der Waals surface area contributed by atoms with Crippen molar-refractivity contribution in [1.29, 1.82) is 0 Å². The van der Waals surface area contributed by atoms with E-state index in [1.807, 2.05) is 37.8 Å². The second-order valence-corrected chi connectivity index (χ2v) is 11.0. The first-order chi connectivity index (χ1) is 17.6. The first kappa shape index (κ1) is 25.3. The molecule has 3 aliphatic rings. The number of amides is 2. The van der Waals surface area contributed by atoms with Crippen LogP contribution in [0, 0.1) is 23.2 Å². The SMILES string of the molecule is CCN1C(=O)C(C)(C)CCc2c1ccc(Nc1ncc(Cl)c(NC3C4C=CC(C4)C3C(N)=O)n1)c2OC. The van der Waals surface area contributed by atoms with Gasteiger partial charge in [0.2, 0.25) is 17.8 Å². The molecule has 4 atom stereocenters. The van der Waals surface area contributed by atoms with Gasteiger partial charge in [0.1, 0.15) is 10.8 Å². The molecule has 1 fully saturated rings. The van der Waals surface area contributed by atoms with Crippen LogP contribution < -0.4 is 26.0 Å². The number of rotatable bonds is 7. The average molecular weight is 525 g/mol. The van der Waals surface area contributed by atoms with E-state index < -0.39 is 5.41 Å². The second-order valence-electron chi connectivity index (χ2n) is 10.6. The fourth-order valence-corrected chi connectivity index (χ4v) is 6.14. The summed E-state index contributed by atoms with van der Waals surface area (Å²) in [7, 11) is 1.62. The Morgan fingerprint density at radius 3 is 2.76 bits per heavy atom. The number of nitrogens with zero attached hydrogens (tertiary/aromatic N) is 3. The number of hydrogen-bond donors (Lipinski definition) is 3. The summed E-state index contributed by atoms with van der Waals surface area (Å²) in [5, 5.41) is 6.98. The van der Waals surface area contributed by atoms with Crippen molar-refractivity contribution in [3.05, 3.63) is 41.1 Å². The third-order valence-corrected chi connectivity index (χ3v) is 8.23. The maximum absolute atomic E-state index is 13.2. The highest BCUT2D eigenvalue weighted by Crippen LogP contribution is 2.46. The molecule has 1 aromatic heterocycles. The van der Waals surface area contributed by atoms with Crippen molar-refractivity contribution >= 4 is 46.6 Å². The van der Waals surface area contributed by atoms with E-state index in [0.29, 0.717) is 47.6 Å². The van der Waals surface area contributed by atoms with Crippen molar-refractivity contribution in [2.75, 3.05) is 29.2 Å². The minimum atomic E-state index is -0.467. The van der Waals surface area contributed by atoms with Gasteiger partial charge in [-0.15, -0.1) is 0 Å². The molecule has 4 unspecified atom stereocenters. The van der Waals surface area contributed by atoms with E-state index in [1.54, 1.807) is 7.11 Å². The molecule has 9 nitrogen and oxygen atoms in total. The lowest BCUT2D eigenvalue weighted by atomic mass is 9.86. The zero-order valence-electron chi connectivity index (χ0n) is 21.5. The Bertz CT molecular complexity index is 1280. The number of benzene rings is 1.